The lowest BCUT2D eigenvalue weighted by molar-refractivity contribution is -0.0298. The molecule has 0 radical (unpaired) electrons. The van der Waals surface area contributed by atoms with Gasteiger partial charge in [-0.2, -0.15) is 0 Å². The summed E-state index contributed by atoms with van der Waals surface area (Å²) in [5, 5.41) is 9.18. The molecule has 3 rings (SSSR count). The maximum absolute atomic E-state index is 9.18. The molecule has 17 heavy (non-hydrogen) atoms. The number of ether oxygens (including phenoxy) is 1. The normalized spacial score (nSPS) is 20.9. The number of hydrogen-bond donors (Lipinski definition) is 1. The fourth-order valence-electron chi connectivity index (χ4n) is 2.17. The molecule has 90 valence electrons. The van der Waals surface area contributed by atoms with Crippen LogP contribution in [0.5, 0.6) is 0 Å². The van der Waals surface area contributed by atoms with E-state index in [9.17, 15) is 5.11 Å². The number of rotatable bonds is 2. The Morgan fingerprint density at radius 1 is 1.35 bits per heavy atom. The van der Waals surface area contributed by atoms with Crippen LogP contribution < -0.4 is 0 Å². The van der Waals surface area contributed by atoms with Crippen LogP contribution in [0, 0.1) is 0 Å². The average Bonchev–Trinajstić information content (AvgIpc) is 2.83. The van der Waals surface area contributed by atoms with Gasteiger partial charge in [0.1, 0.15) is 18.1 Å². The van der Waals surface area contributed by atoms with Crippen LogP contribution in [0.15, 0.2) is 12.7 Å². The van der Waals surface area contributed by atoms with Gasteiger partial charge in [0, 0.05) is 6.61 Å². The minimum atomic E-state index is -0.123. The third kappa shape index (κ3) is 1.79. The van der Waals surface area contributed by atoms with Crippen molar-refractivity contribution < 1.29 is 9.84 Å². The highest BCUT2D eigenvalue weighted by molar-refractivity contribution is 5.72. The van der Waals surface area contributed by atoms with Gasteiger partial charge in [0.25, 0.3) is 0 Å². The summed E-state index contributed by atoms with van der Waals surface area (Å²) >= 11 is 0. The molecule has 6 nitrogen and oxygen atoms in total. The molecule has 0 aliphatic carbocycles. The van der Waals surface area contributed by atoms with Crippen LogP contribution in [0.2, 0.25) is 0 Å². The van der Waals surface area contributed by atoms with E-state index in [1.54, 1.807) is 6.33 Å². The first-order valence-electron chi connectivity index (χ1n) is 5.79. The van der Waals surface area contributed by atoms with Gasteiger partial charge in [-0.1, -0.05) is 0 Å². The highest BCUT2D eigenvalue weighted by atomic mass is 16.5. The molecule has 1 aliphatic rings. The standard InChI is InChI=1S/C11H14N4O2/c16-5-8-10-11(13-6-12-8)15(7-14-10)9-3-1-2-4-17-9/h6-7,9,16H,1-5H2. The van der Waals surface area contributed by atoms with Gasteiger partial charge in [-0.05, 0) is 19.3 Å². The lowest BCUT2D eigenvalue weighted by atomic mass is 10.2. The van der Waals surface area contributed by atoms with E-state index >= 15 is 0 Å². The van der Waals surface area contributed by atoms with E-state index in [0.717, 1.165) is 31.5 Å². The zero-order valence-electron chi connectivity index (χ0n) is 9.41. The summed E-state index contributed by atoms with van der Waals surface area (Å²) in [7, 11) is 0. The molecule has 0 bridgehead atoms. The van der Waals surface area contributed by atoms with Crippen molar-refractivity contribution in [1.29, 1.82) is 0 Å². The van der Waals surface area contributed by atoms with Gasteiger partial charge in [0.15, 0.2) is 5.65 Å². The van der Waals surface area contributed by atoms with Gasteiger partial charge in [-0.15, -0.1) is 0 Å². The summed E-state index contributed by atoms with van der Waals surface area (Å²) in [4.78, 5) is 12.5. The number of aliphatic hydroxyl groups is 1. The smallest absolute Gasteiger partial charge is 0.165 e. The number of fused-ring (bicyclic) bond motifs is 1. The molecule has 1 unspecified atom stereocenters. The summed E-state index contributed by atoms with van der Waals surface area (Å²) in [5.41, 5.74) is 1.95. The van der Waals surface area contributed by atoms with Crippen molar-refractivity contribution in [1.82, 2.24) is 19.5 Å². The van der Waals surface area contributed by atoms with Crippen molar-refractivity contribution in [2.75, 3.05) is 6.61 Å². The van der Waals surface area contributed by atoms with Crippen molar-refractivity contribution in [2.45, 2.75) is 32.1 Å². The molecular formula is C11H14N4O2. The Morgan fingerprint density at radius 2 is 2.29 bits per heavy atom. The first-order valence-corrected chi connectivity index (χ1v) is 5.79. The maximum Gasteiger partial charge on any atom is 0.165 e. The van der Waals surface area contributed by atoms with Crippen molar-refractivity contribution in [3.63, 3.8) is 0 Å². The van der Waals surface area contributed by atoms with Crippen molar-refractivity contribution in [3.05, 3.63) is 18.3 Å². The molecule has 1 aliphatic heterocycles. The van der Waals surface area contributed by atoms with Crippen LogP contribution in [-0.4, -0.2) is 31.2 Å². The Balaban J connectivity index is 2.05. The summed E-state index contributed by atoms with van der Waals surface area (Å²) in [5.74, 6) is 0. The largest absolute Gasteiger partial charge is 0.390 e. The molecule has 6 heteroatoms. The van der Waals surface area contributed by atoms with Crippen LogP contribution in [0.25, 0.3) is 11.2 Å². The summed E-state index contributed by atoms with van der Waals surface area (Å²) in [6, 6.07) is 0. The predicted octanol–water partition coefficient (Wildman–Crippen LogP) is 1.02. The first-order chi connectivity index (χ1) is 8.40. The minimum Gasteiger partial charge on any atom is -0.390 e. The average molecular weight is 234 g/mol. The van der Waals surface area contributed by atoms with E-state index in [0.29, 0.717) is 11.2 Å². The van der Waals surface area contributed by atoms with Gasteiger partial charge in [-0.25, -0.2) is 15.0 Å². The molecule has 0 aromatic carbocycles. The van der Waals surface area contributed by atoms with E-state index in [1.165, 1.54) is 6.33 Å². The number of aromatic nitrogens is 4. The second kappa shape index (κ2) is 4.38. The molecule has 1 N–H and O–H groups in total. The molecule has 1 saturated heterocycles. The SMILES string of the molecule is OCc1ncnc2c1ncn2C1CCCCO1. The second-order valence-corrected chi connectivity index (χ2v) is 4.12. The number of nitrogens with zero attached hydrogens (tertiary/aromatic N) is 4. The van der Waals surface area contributed by atoms with E-state index in [-0.39, 0.29) is 12.8 Å². The van der Waals surface area contributed by atoms with Crippen molar-refractivity contribution in [3.8, 4) is 0 Å². The fourth-order valence-corrected chi connectivity index (χ4v) is 2.17. The zero-order chi connectivity index (χ0) is 11.7. The monoisotopic (exact) mass is 234 g/mol. The summed E-state index contributed by atoms with van der Waals surface area (Å²) in [6.07, 6.45) is 6.42. The molecule has 2 aromatic heterocycles. The van der Waals surface area contributed by atoms with E-state index < -0.39 is 0 Å². The van der Waals surface area contributed by atoms with Gasteiger partial charge in [-0.3, -0.25) is 4.57 Å². The summed E-state index contributed by atoms with van der Waals surface area (Å²) in [6.45, 7) is 0.657. The topological polar surface area (TPSA) is 73.1 Å². The van der Waals surface area contributed by atoms with E-state index in [1.807, 2.05) is 4.57 Å². The predicted molar refractivity (Wildman–Crippen MR) is 60.1 cm³/mol. The fraction of sp³-hybridized carbons (Fsp3) is 0.545. The molecule has 0 spiro atoms. The Kier molecular flexibility index (Phi) is 2.74. The molecule has 1 fully saturated rings. The highest BCUT2D eigenvalue weighted by Crippen LogP contribution is 2.25. The van der Waals surface area contributed by atoms with Crippen LogP contribution in [0.4, 0.5) is 0 Å². The molecule has 1 atom stereocenters. The van der Waals surface area contributed by atoms with Gasteiger partial charge < -0.3 is 9.84 Å². The molecular weight excluding hydrogens is 220 g/mol. The number of hydrogen-bond acceptors (Lipinski definition) is 5. The number of imidazole rings is 1. The Bertz CT molecular complexity index is 519. The third-order valence-corrected chi connectivity index (χ3v) is 3.05. The van der Waals surface area contributed by atoms with Gasteiger partial charge >= 0.3 is 0 Å². The highest BCUT2D eigenvalue weighted by Gasteiger charge is 2.19. The Labute approximate surface area is 98.3 Å². The zero-order valence-corrected chi connectivity index (χ0v) is 9.41. The molecule has 3 heterocycles. The number of aliphatic hydroxyl groups excluding tert-OH is 1. The molecule has 0 amide bonds. The third-order valence-electron chi connectivity index (χ3n) is 3.05. The second-order valence-electron chi connectivity index (χ2n) is 4.12. The van der Waals surface area contributed by atoms with E-state index in [4.69, 9.17) is 4.74 Å². The van der Waals surface area contributed by atoms with Gasteiger partial charge in [0.05, 0.1) is 18.6 Å². The van der Waals surface area contributed by atoms with E-state index in [2.05, 4.69) is 15.0 Å². The van der Waals surface area contributed by atoms with Crippen LogP contribution in [0.3, 0.4) is 0 Å². The lowest BCUT2D eigenvalue weighted by Gasteiger charge is -2.23. The molecule has 0 saturated carbocycles. The van der Waals surface area contributed by atoms with Gasteiger partial charge in [0.2, 0.25) is 0 Å². The first kappa shape index (κ1) is 10.6. The summed E-state index contributed by atoms with van der Waals surface area (Å²) < 4.78 is 7.63. The lowest BCUT2D eigenvalue weighted by Crippen LogP contribution is -2.17. The van der Waals surface area contributed by atoms with Crippen LogP contribution >= 0.6 is 0 Å². The maximum atomic E-state index is 9.18. The Morgan fingerprint density at radius 3 is 3.06 bits per heavy atom. The Hall–Kier alpha value is -1.53. The molecule has 2 aromatic rings. The van der Waals surface area contributed by atoms with Crippen LogP contribution in [-0.2, 0) is 11.3 Å². The van der Waals surface area contributed by atoms with Crippen molar-refractivity contribution in [2.24, 2.45) is 0 Å². The van der Waals surface area contributed by atoms with Crippen LogP contribution in [0.1, 0.15) is 31.2 Å². The quantitative estimate of drug-likeness (QED) is 0.839. The van der Waals surface area contributed by atoms with Crippen molar-refractivity contribution >= 4 is 11.2 Å². The minimum absolute atomic E-state index is 0.00944.